The van der Waals surface area contributed by atoms with E-state index in [0.29, 0.717) is 32.9 Å². The Kier molecular flexibility index (Phi) is 11.3. The summed E-state index contributed by atoms with van der Waals surface area (Å²) >= 11 is 12.6. The highest BCUT2D eigenvalue weighted by molar-refractivity contribution is 6.30. The van der Waals surface area contributed by atoms with Gasteiger partial charge in [0.1, 0.15) is 29.9 Å². The summed E-state index contributed by atoms with van der Waals surface area (Å²) < 4.78 is 11.8. The van der Waals surface area contributed by atoms with Crippen molar-refractivity contribution < 1.29 is 34.1 Å². The number of hydrogen-bond donors (Lipinski definition) is 3. The zero-order valence-electron chi connectivity index (χ0n) is 29.3. The number of amidine groups is 1. The van der Waals surface area contributed by atoms with Gasteiger partial charge in [-0.15, -0.1) is 0 Å². The van der Waals surface area contributed by atoms with Crippen LogP contribution in [0.3, 0.4) is 0 Å². The number of hydrogen-bond acceptors (Lipinski definition) is 8. The van der Waals surface area contributed by atoms with E-state index >= 15 is 0 Å². The fraction of sp³-hybridized carbons (Fsp3) is 0.282. The third-order valence-electron chi connectivity index (χ3n) is 9.00. The van der Waals surface area contributed by atoms with Gasteiger partial charge in [0.2, 0.25) is 5.91 Å². The fourth-order valence-electron chi connectivity index (χ4n) is 6.40. The van der Waals surface area contributed by atoms with Crippen LogP contribution in [0.2, 0.25) is 10.0 Å². The number of benzene rings is 4. The van der Waals surface area contributed by atoms with Crippen molar-refractivity contribution in [2.75, 3.05) is 39.8 Å². The van der Waals surface area contributed by atoms with Crippen LogP contribution < -0.4 is 14.8 Å². The number of para-hydroxylation sites is 1. The van der Waals surface area contributed by atoms with Crippen molar-refractivity contribution in [3.63, 3.8) is 0 Å². The number of rotatable bonds is 10. The van der Waals surface area contributed by atoms with Gasteiger partial charge in [-0.05, 0) is 73.5 Å². The molecule has 2 aliphatic heterocycles. The van der Waals surface area contributed by atoms with Gasteiger partial charge in [-0.25, -0.2) is 4.79 Å². The van der Waals surface area contributed by atoms with Crippen molar-refractivity contribution in [2.24, 2.45) is 4.99 Å². The molecule has 0 aromatic heterocycles. The van der Waals surface area contributed by atoms with Crippen LogP contribution in [0, 0.1) is 0 Å². The molecule has 2 heterocycles. The van der Waals surface area contributed by atoms with Gasteiger partial charge < -0.3 is 34.8 Å². The Bertz CT molecular complexity index is 2020. The number of phenolic OH excluding ortho intramolecular Hbond substituents is 2. The molecule has 0 radical (unpaired) electrons. The molecule has 2 atom stereocenters. The molecule has 0 spiro atoms. The van der Waals surface area contributed by atoms with E-state index in [0.717, 1.165) is 11.1 Å². The molecular formula is C39H39Cl2N5O7. The van der Waals surface area contributed by atoms with Gasteiger partial charge in [0.05, 0.1) is 30.4 Å². The minimum absolute atomic E-state index is 0.0826. The number of halogens is 2. The molecule has 4 aromatic carbocycles. The number of nitrogens with zero attached hydrogens (tertiary/aromatic N) is 4. The number of nitrogens with one attached hydrogen (secondary N) is 1. The maximum absolute atomic E-state index is 14.9. The van der Waals surface area contributed by atoms with Crippen molar-refractivity contribution in [2.45, 2.75) is 32.0 Å². The average molecular weight is 761 g/mol. The standard InChI is InChI=1S/C39H39Cl2N5O7/c1-23(2)53-32-21-28(52-3)15-16-29(32)37-43-34(24-7-11-26(40)12-8-24)35(25-9-13-27(41)14-10-25)46(37)39(51)45-20-19-44(33(48)22-45)18-17-42-38(50)30-5-4-6-31(47)36(30)49/h4-16,21,23,34-35,47,49H,17-20,22H2,1-3H3,(H,42,50)/t34-,35+/m0/s1. The third-order valence-corrected chi connectivity index (χ3v) is 9.51. The minimum atomic E-state index is -0.637. The Morgan fingerprint density at radius 3 is 2.26 bits per heavy atom. The van der Waals surface area contributed by atoms with E-state index in [-0.39, 0.29) is 50.3 Å². The first kappa shape index (κ1) is 37.3. The first-order valence-electron chi connectivity index (χ1n) is 17.0. The van der Waals surface area contributed by atoms with E-state index < -0.39 is 35.5 Å². The molecule has 1 saturated heterocycles. The Hall–Kier alpha value is -5.46. The molecule has 53 heavy (non-hydrogen) atoms. The lowest BCUT2D eigenvalue weighted by atomic mass is 9.93. The van der Waals surface area contributed by atoms with Crippen molar-refractivity contribution in [1.82, 2.24) is 20.0 Å². The molecule has 0 unspecified atom stereocenters. The number of phenols is 2. The molecule has 3 N–H and O–H groups in total. The number of amides is 4. The largest absolute Gasteiger partial charge is 0.504 e. The number of carbonyl (C=O) groups excluding carboxylic acids is 3. The number of carbonyl (C=O) groups is 3. The van der Waals surface area contributed by atoms with Crippen LogP contribution >= 0.6 is 23.2 Å². The van der Waals surface area contributed by atoms with E-state index in [1.54, 1.807) is 53.3 Å². The molecule has 276 valence electrons. The molecule has 6 rings (SSSR count). The summed E-state index contributed by atoms with van der Waals surface area (Å²) in [5.74, 6) is -0.420. The third kappa shape index (κ3) is 8.13. The highest BCUT2D eigenvalue weighted by Crippen LogP contribution is 2.46. The molecule has 4 amide bonds. The fourth-order valence-corrected chi connectivity index (χ4v) is 6.65. The highest BCUT2D eigenvalue weighted by atomic mass is 35.5. The molecule has 0 bridgehead atoms. The normalized spacial score (nSPS) is 17.2. The van der Waals surface area contributed by atoms with Crippen LogP contribution in [0.25, 0.3) is 0 Å². The van der Waals surface area contributed by atoms with Crippen molar-refractivity contribution in [3.8, 4) is 23.0 Å². The summed E-state index contributed by atoms with van der Waals surface area (Å²) in [6, 6.07) is 22.4. The number of urea groups is 1. The Morgan fingerprint density at radius 1 is 0.943 bits per heavy atom. The summed E-state index contributed by atoms with van der Waals surface area (Å²) in [6.07, 6.45) is -0.202. The van der Waals surface area contributed by atoms with Gasteiger partial charge in [-0.1, -0.05) is 53.5 Å². The lowest BCUT2D eigenvalue weighted by Crippen LogP contribution is -2.57. The summed E-state index contributed by atoms with van der Waals surface area (Å²) in [6.45, 7) is 4.30. The first-order valence-corrected chi connectivity index (χ1v) is 17.8. The number of ether oxygens (including phenoxy) is 2. The number of methoxy groups -OCH3 is 1. The molecule has 14 heteroatoms. The second-order valence-electron chi connectivity index (χ2n) is 12.9. The lowest BCUT2D eigenvalue weighted by molar-refractivity contribution is -0.134. The number of aliphatic imine (C=N–C) groups is 1. The second-order valence-corrected chi connectivity index (χ2v) is 13.7. The van der Waals surface area contributed by atoms with Gasteiger partial charge in [0.25, 0.3) is 5.91 Å². The Labute approximate surface area is 317 Å². The smallest absolute Gasteiger partial charge is 0.326 e. The van der Waals surface area contributed by atoms with E-state index in [2.05, 4.69) is 5.32 Å². The average Bonchev–Trinajstić information content (AvgIpc) is 3.53. The zero-order valence-corrected chi connectivity index (χ0v) is 30.8. The summed E-state index contributed by atoms with van der Waals surface area (Å²) in [5, 5.41) is 23.5. The molecule has 12 nitrogen and oxygen atoms in total. The van der Waals surface area contributed by atoms with E-state index in [1.807, 2.05) is 44.2 Å². The second kappa shape index (κ2) is 16.1. The van der Waals surface area contributed by atoms with Gasteiger partial charge in [-0.2, -0.15) is 0 Å². The number of piperazine rings is 1. The molecule has 4 aromatic rings. The number of aromatic hydroxyl groups is 2. The van der Waals surface area contributed by atoms with Crippen LogP contribution in [-0.4, -0.2) is 94.5 Å². The Balaban J connectivity index is 1.30. The maximum Gasteiger partial charge on any atom is 0.326 e. The zero-order chi connectivity index (χ0) is 37.8. The van der Waals surface area contributed by atoms with Gasteiger partial charge in [0, 0.05) is 42.3 Å². The van der Waals surface area contributed by atoms with Crippen LogP contribution in [0.1, 0.15) is 53.0 Å². The molecule has 0 aliphatic carbocycles. The van der Waals surface area contributed by atoms with Crippen molar-refractivity contribution >= 4 is 46.9 Å². The van der Waals surface area contributed by atoms with E-state index in [1.165, 1.54) is 23.1 Å². The lowest BCUT2D eigenvalue weighted by Gasteiger charge is -2.38. The van der Waals surface area contributed by atoms with Crippen LogP contribution in [0.4, 0.5) is 4.79 Å². The van der Waals surface area contributed by atoms with Crippen LogP contribution in [-0.2, 0) is 4.79 Å². The molecule has 2 aliphatic rings. The van der Waals surface area contributed by atoms with E-state index in [4.69, 9.17) is 37.7 Å². The van der Waals surface area contributed by atoms with E-state index in [9.17, 15) is 24.6 Å². The van der Waals surface area contributed by atoms with Crippen molar-refractivity contribution in [3.05, 3.63) is 117 Å². The van der Waals surface area contributed by atoms with Gasteiger partial charge >= 0.3 is 6.03 Å². The molecular weight excluding hydrogens is 721 g/mol. The van der Waals surface area contributed by atoms with Crippen LogP contribution in [0.15, 0.2) is 89.9 Å². The minimum Gasteiger partial charge on any atom is -0.504 e. The summed E-state index contributed by atoms with van der Waals surface area (Å²) in [4.78, 5) is 50.9. The van der Waals surface area contributed by atoms with Crippen molar-refractivity contribution in [1.29, 1.82) is 0 Å². The summed E-state index contributed by atoms with van der Waals surface area (Å²) in [5.41, 5.74) is 2.09. The summed E-state index contributed by atoms with van der Waals surface area (Å²) in [7, 11) is 1.56. The predicted octanol–water partition coefficient (Wildman–Crippen LogP) is 6.44. The van der Waals surface area contributed by atoms with Crippen LogP contribution in [0.5, 0.6) is 23.0 Å². The van der Waals surface area contributed by atoms with Gasteiger partial charge in [0.15, 0.2) is 11.5 Å². The topological polar surface area (TPSA) is 144 Å². The highest BCUT2D eigenvalue weighted by Gasteiger charge is 2.45. The Morgan fingerprint density at radius 2 is 1.62 bits per heavy atom. The van der Waals surface area contributed by atoms with Gasteiger partial charge in [-0.3, -0.25) is 19.5 Å². The molecule has 1 fully saturated rings. The maximum atomic E-state index is 14.9. The monoisotopic (exact) mass is 759 g/mol. The molecule has 0 saturated carbocycles. The SMILES string of the molecule is COc1ccc(C2=N[C@@H](c3ccc(Cl)cc3)[C@@H](c3ccc(Cl)cc3)N2C(=O)N2CCN(CCNC(=O)c3cccc(O)c3O)C(=O)C2)c(OC(C)C)c1. The predicted molar refractivity (Wildman–Crippen MR) is 201 cm³/mol. The quantitative estimate of drug-likeness (QED) is 0.158. The first-order chi connectivity index (χ1) is 25.4.